The van der Waals surface area contributed by atoms with Gasteiger partial charge in [-0.05, 0) is 13.0 Å². The molecule has 0 N–H and O–H groups in total. The summed E-state index contributed by atoms with van der Waals surface area (Å²) in [5, 5.41) is 0. The van der Waals surface area contributed by atoms with Gasteiger partial charge in [-0.15, -0.1) is 0 Å². The lowest BCUT2D eigenvalue weighted by Crippen LogP contribution is -2.08. The third-order valence-electron chi connectivity index (χ3n) is 1.29. The zero-order valence-corrected chi connectivity index (χ0v) is 6.55. The number of rotatable bonds is 1. The Morgan fingerprint density at radius 1 is 1.50 bits per heavy atom. The predicted molar refractivity (Wildman–Crippen MR) is 42.1 cm³/mol. The lowest BCUT2D eigenvalue weighted by Gasteiger charge is -2.10. The minimum atomic E-state index is 0.936. The van der Waals surface area contributed by atoms with Crippen LogP contribution in [0.15, 0.2) is 12.3 Å². The van der Waals surface area contributed by atoms with Gasteiger partial charge in [0.25, 0.3) is 0 Å². The average molecular weight is 135 g/mol. The van der Waals surface area contributed by atoms with Crippen molar-refractivity contribution in [2.24, 2.45) is 0 Å². The van der Waals surface area contributed by atoms with E-state index < -0.39 is 0 Å². The van der Waals surface area contributed by atoms with Crippen LogP contribution in [0.5, 0.6) is 0 Å². The molecule has 0 aliphatic rings. The van der Waals surface area contributed by atoms with Crippen LogP contribution in [0, 0.1) is 13.0 Å². The van der Waals surface area contributed by atoms with Gasteiger partial charge in [-0.3, -0.25) is 4.98 Å². The number of anilines is 1. The molecule has 0 aliphatic heterocycles. The number of aryl methyl sites for hydroxylation is 1. The molecule has 1 aromatic rings. The number of pyridine rings is 1. The van der Waals surface area contributed by atoms with Crippen molar-refractivity contribution in [1.82, 2.24) is 4.98 Å². The van der Waals surface area contributed by atoms with Crippen LogP contribution in [0.4, 0.5) is 5.69 Å². The summed E-state index contributed by atoms with van der Waals surface area (Å²) in [5.74, 6) is 0. The molecule has 1 radical (unpaired) electrons. The van der Waals surface area contributed by atoms with Crippen LogP contribution in [0.2, 0.25) is 0 Å². The van der Waals surface area contributed by atoms with Crippen molar-refractivity contribution < 1.29 is 0 Å². The van der Waals surface area contributed by atoms with E-state index in [0.29, 0.717) is 0 Å². The molecule has 53 valence electrons. The molecule has 0 atom stereocenters. The van der Waals surface area contributed by atoms with Crippen molar-refractivity contribution >= 4 is 5.69 Å². The molecule has 0 aliphatic carbocycles. The first-order valence-corrected chi connectivity index (χ1v) is 3.22. The molecule has 0 unspecified atom stereocenters. The molecular weight excluding hydrogens is 124 g/mol. The second-order valence-electron chi connectivity index (χ2n) is 2.43. The molecule has 10 heavy (non-hydrogen) atoms. The molecule has 0 spiro atoms. The third kappa shape index (κ3) is 1.47. The van der Waals surface area contributed by atoms with Crippen molar-refractivity contribution in [2.75, 3.05) is 19.0 Å². The molecule has 0 bridgehead atoms. The second-order valence-corrected chi connectivity index (χ2v) is 2.43. The molecule has 0 amide bonds. The summed E-state index contributed by atoms with van der Waals surface area (Å²) in [6.45, 7) is 1.94. The van der Waals surface area contributed by atoms with Gasteiger partial charge in [0.05, 0.1) is 0 Å². The Labute approximate surface area is 61.5 Å². The molecule has 1 aromatic heterocycles. The topological polar surface area (TPSA) is 16.1 Å². The summed E-state index contributed by atoms with van der Waals surface area (Å²) >= 11 is 0. The number of nitrogens with zero attached hydrogens (tertiary/aromatic N) is 2. The Morgan fingerprint density at radius 3 is 2.60 bits per heavy atom. The highest BCUT2D eigenvalue weighted by Gasteiger charge is 1.93. The third-order valence-corrected chi connectivity index (χ3v) is 1.29. The lowest BCUT2D eigenvalue weighted by atomic mass is 10.3. The summed E-state index contributed by atoms with van der Waals surface area (Å²) in [6, 6.07) is 5.06. The molecule has 1 rings (SSSR count). The Morgan fingerprint density at radius 2 is 2.20 bits per heavy atom. The van der Waals surface area contributed by atoms with Crippen molar-refractivity contribution in [3.05, 3.63) is 24.0 Å². The van der Waals surface area contributed by atoms with E-state index in [9.17, 15) is 0 Å². The van der Waals surface area contributed by atoms with E-state index >= 15 is 0 Å². The first kappa shape index (κ1) is 7.06. The maximum Gasteiger partial charge on any atom is 0.0476 e. The van der Waals surface area contributed by atoms with Gasteiger partial charge in [0.15, 0.2) is 0 Å². The van der Waals surface area contributed by atoms with Crippen molar-refractivity contribution in [3.8, 4) is 0 Å². The van der Waals surface area contributed by atoms with Gasteiger partial charge in [0, 0.05) is 37.7 Å². The molecular formula is C8H11N2. The minimum absolute atomic E-state index is 0.936. The predicted octanol–water partition coefficient (Wildman–Crippen LogP) is 1.26. The Bertz CT molecular complexity index is 218. The van der Waals surface area contributed by atoms with Crippen molar-refractivity contribution in [2.45, 2.75) is 6.92 Å². The van der Waals surface area contributed by atoms with E-state index in [2.05, 4.69) is 11.1 Å². The molecule has 0 saturated heterocycles. The fourth-order valence-corrected chi connectivity index (χ4v) is 0.740. The maximum absolute atomic E-state index is 4.04. The summed E-state index contributed by atoms with van der Waals surface area (Å²) in [4.78, 5) is 6.05. The highest BCUT2D eigenvalue weighted by atomic mass is 15.1. The highest BCUT2D eigenvalue weighted by molar-refractivity contribution is 5.42. The fourth-order valence-electron chi connectivity index (χ4n) is 0.740. The normalized spacial score (nSPS) is 9.50. The lowest BCUT2D eigenvalue weighted by molar-refractivity contribution is 1.09. The van der Waals surface area contributed by atoms with Gasteiger partial charge in [-0.2, -0.15) is 0 Å². The van der Waals surface area contributed by atoms with E-state index in [-0.39, 0.29) is 0 Å². The second kappa shape index (κ2) is 2.69. The quantitative estimate of drug-likeness (QED) is 0.576. The molecule has 2 heteroatoms. The smallest absolute Gasteiger partial charge is 0.0476 e. The van der Waals surface area contributed by atoms with Crippen LogP contribution in [0.25, 0.3) is 0 Å². The number of hydrogen-bond acceptors (Lipinski definition) is 2. The van der Waals surface area contributed by atoms with Crippen LogP contribution < -0.4 is 4.90 Å². The zero-order valence-electron chi connectivity index (χ0n) is 6.55. The molecule has 1 heterocycles. The SMILES string of the molecule is Cc1[c]c(N(C)C)ccn1. The van der Waals surface area contributed by atoms with Gasteiger partial charge in [0.2, 0.25) is 0 Å². The Kier molecular flexibility index (Phi) is 1.90. The van der Waals surface area contributed by atoms with E-state index in [1.165, 1.54) is 0 Å². The first-order valence-electron chi connectivity index (χ1n) is 3.22. The van der Waals surface area contributed by atoms with E-state index in [1.54, 1.807) is 6.20 Å². The van der Waals surface area contributed by atoms with E-state index in [0.717, 1.165) is 11.4 Å². The minimum Gasteiger partial charge on any atom is -0.377 e. The Balaban J connectivity index is 2.96. The Hall–Kier alpha value is -1.05. The molecule has 0 saturated carbocycles. The summed E-state index contributed by atoms with van der Waals surface area (Å²) in [5.41, 5.74) is 2.01. The van der Waals surface area contributed by atoms with Crippen LogP contribution in [0.1, 0.15) is 5.69 Å². The summed E-state index contributed by atoms with van der Waals surface area (Å²) < 4.78 is 0. The molecule has 0 aromatic carbocycles. The number of aromatic nitrogens is 1. The monoisotopic (exact) mass is 135 g/mol. The number of hydrogen-bond donors (Lipinski definition) is 0. The average Bonchev–Trinajstić information content (AvgIpc) is 1.88. The molecule has 2 nitrogen and oxygen atoms in total. The van der Waals surface area contributed by atoms with E-state index in [4.69, 9.17) is 0 Å². The van der Waals surface area contributed by atoms with Crippen molar-refractivity contribution in [1.29, 1.82) is 0 Å². The van der Waals surface area contributed by atoms with Crippen LogP contribution in [0.3, 0.4) is 0 Å². The summed E-state index contributed by atoms with van der Waals surface area (Å²) in [6.07, 6.45) is 1.79. The highest BCUT2D eigenvalue weighted by Crippen LogP contribution is 2.08. The van der Waals surface area contributed by atoms with Crippen LogP contribution >= 0.6 is 0 Å². The largest absolute Gasteiger partial charge is 0.377 e. The van der Waals surface area contributed by atoms with Crippen LogP contribution in [-0.4, -0.2) is 19.1 Å². The van der Waals surface area contributed by atoms with Gasteiger partial charge in [0.1, 0.15) is 0 Å². The summed E-state index contributed by atoms with van der Waals surface area (Å²) in [7, 11) is 3.98. The standard InChI is InChI=1S/C8H11N2/c1-7-6-8(10(2)3)4-5-9-7/h4-5H,1-3H3. The van der Waals surface area contributed by atoms with Crippen LogP contribution in [-0.2, 0) is 0 Å². The van der Waals surface area contributed by atoms with Crippen molar-refractivity contribution in [3.63, 3.8) is 0 Å². The zero-order chi connectivity index (χ0) is 7.56. The van der Waals surface area contributed by atoms with Gasteiger partial charge >= 0.3 is 0 Å². The molecule has 0 fully saturated rings. The maximum atomic E-state index is 4.04. The van der Waals surface area contributed by atoms with Gasteiger partial charge in [-0.1, -0.05) is 0 Å². The first-order chi connectivity index (χ1) is 4.70. The fraction of sp³-hybridized carbons (Fsp3) is 0.375. The van der Waals surface area contributed by atoms with Gasteiger partial charge < -0.3 is 4.90 Å². The van der Waals surface area contributed by atoms with Gasteiger partial charge in [-0.25, -0.2) is 0 Å². The van der Waals surface area contributed by atoms with E-state index in [1.807, 2.05) is 32.0 Å².